The monoisotopic (exact) mass is 419 g/mol. The molecule has 3 rings (SSSR count). The van der Waals surface area contributed by atoms with E-state index in [1.54, 1.807) is 21.0 Å². The Balaban J connectivity index is 1.68. The topological polar surface area (TPSA) is 64.6 Å². The highest BCUT2D eigenvalue weighted by molar-refractivity contribution is 5.97. The number of rotatable bonds is 6. The number of esters is 1. The number of nitrogens with one attached hydrogen (secondary N) is 1. The van der Waals surface area contributed by atoms with E-state index in [1.807, 2.05) is 69.3 Å². The summed E-state index contributed by atoms with van der Waals surface area (Å²) in [4.78, 5) is 25.3. The number of ether oxygens (including phenoxy) is 2. The number of benzene rings is 3. The van der Waals surface area contributed by atoms with Crippen molar-refractivity contribution in [3.63, 3.8) is 0 Å². The van der Waals surface area contributed by atoms with E-state index in [1.165, 1.54) is 0 Å². The molecule has 0 fully saturated rings. The van der Waals surface area contributed by atoms with Crippen LogP contribution in [-0.4, -0.2) is 25.1 Å². The predicted octanol–water partition coefficient (Wildman–Crippen LogP) is 5.45. The predicted molar refractivity (Wildman–Crippen MR) is 124 cm³/mol. The Morgan fingerprint density at radius 3 is 2.13 bits per heavy atom. The molecule has 5 nitrogen and oxygen atoms in total. The highest BCUT2D eigenvalue weighted by atomic mass is 16.5. The molecule has 0 saturated heterocycles. The van der Waals surface area contributed by atoms with Crippen molar-refractivity contribution in [2.24, 2.45) is 0 Å². The van der Waals surface area contributed by atoms with Crippen molar-refractivity contribution >= 4 is 28.3 Å². The SMILES string of the molecule is COc1ccc2cc([C@H](C)C(=O)O[C@H](C)C(=O)Nc3c(C)cc(C)cc3C)ccc2c1. The van der Waals surface area contributed by atoms with Gasteiger partial charge in [-0.25, -0.2) is 0 Å². The number of amides is 1. The zero-order valence-electron chi connectivity index (χ0n) is 18.9. The summed E-state index contributed by atoms with van der Waals surface area (Å²) in [7, 11) is 1.63. The minimum atomic E-state index is -0.903. The number of carbonyl (C=O) groups excluding carboxylic acids is 2. The Labute approximate surface area is 183 Å². The third-order valence-electron chi connectivity index (χ3n) is 5.51. The summed E-state index contributed by atoms with van der Waals surface area (Å²) in [6, 6.07) is 15.6. The second kappa shape index (κ2) is 9.21. The molecule has 0 aliphatic carbocycles. The summed E-state index contributed by atoms with van der Waals surface area (Å²) in [5.74, 6) is -0.495. The summed E-state index contributed by atoms with van der Waals surface area (Å²) in [6.45, 7) is 9.28. The number of carbonyl (C=O) groups is 2. The van der Waals surface area contributed by atoms with Crippen LogP contribution in [0.15, 0.2) is 48.5 Å². The molecule has 162 valence electrons. The van der Waals surface area contributed by atoms with Crippen LogP contribution in [0.5, 0.6) is 5.75 Å². The maximum absolute atomic E-state index is 12.7. The number of hydrogen-bond acceptors (Lipinski definition) is 4. The molecule has 0 heterocycles. The fraction of sp³-hybridized carbons (Fsp3) is 0.308. The first-order valence-electron chi connectivity index (χ1n) is 10.4. The zero-order chi connectivity index (χ0) is 22.7. The first kappa shape index (κ1) is 22.3. The van der Waals surface area contributed by atoms with Gasteiger partial charge in [0, 0.05) is 5.69 Å². The molecule has 0 saturated carbocycles. The van der Waals surface area contributed by atoms with Crippen molar-refractivity contribution in [1.29, 1.82) is 0 Å². The summed E-state index contributed by atoms with van der Waals surface area (Å²) in [5.41, 5.74) is 4.68. The molecule has 1 amide bonds. The van der Waals surface area contributed by atoms with Gasteiger partial charge in [-0.05, 0) is 74.2 Å². The fourth-order valence-corrected chi connectivity index (χ4v) is 3.71. The lowest BCUT2D eigenvalue weighted by Gasteiger charge is -2.19. The highest BCUT2D eigenvalue weighted by Crippen LogP contribution is 2.26. The maximum Gasteiger partial charge on any atom is 0.313 e. The Morgan fingerprint density at radius 2 is 1.48 bits per heavy atom. The molecule has 5 heteroatoms. The van der Waals surface area contributed by atoms with Gasteiger partial charge >= 0.3 is 5.97 Å². The van der Waals surface area contributed by atoms with Crippen LogP contribution in [0.3, 0.4) is 0 Å². The third kappa shape index (κ3) is 5.05. The molecule has 31 heavy (non-hydrogen) atoms. The zero-order valence-corrected chi connectivity index (χ0v) is 18.9. The lowest BCUT2D eigenvalue weighted by Crippen LogP contribution is -2.31. The Hall–Kier alpha value is -3.34. The molecule has 1 N–H and O–H groups in total. The van der Waals surface area contributed by atoms with Crippen molar-refractivity contribution < 1.29 is 19.1 Å². The summed E-state index contributed by atoms with van der Waals surface area (Å²) < 4.78 is 10.7. The Kier molecular flexibility index (Phi) is 6.64. The minimum absolute atomic E-state index is 0.346. The van der Waals surface area contributed by atoms with Crippen LogP contribution in [0.1, 0.15) is 42.0 Å². The van der Waals surface area contributed by atoms with Crippen molar-refractivity contribution in [2.45, 2.75) is 46.6 Å². The van der Waals surface area contributed by atoms with Crippen LogP contribution >= 0.6 is 0 Å². The van der Waals surface area contributed by atoms with Gasteiger partial charge in [0.15, 0.2) is 6.10 Å². The number of methoxy groups -OCH3 is 1. The van der Waals surface area contributed by atoms with Gasteiger partial charge in [-0.1, -0.05) is 42.0 Å². The summed E-state index contributed by atoms with van der Waals surface area (Å²) >= 11 is 0. The van der Waals surface area contributed by atoms with Gasteiger partial charge in [0.05, 0.1) is 13.0 Å². The molecule has 0 bridgehead atoms. The Bertz CT molecular complexity index is 1110. The first-order valence-corrected chi connectivity index (χ1v) is 10.4. The molecule has 2 atom stereocenters. The van der Waals surface area contributed by atoms with Gasteiger partial charge in [0.2, 0.25) is 0 Å². The maximum atomic E-state index is 12.7. The van der Waals surface area contributed by atoms with E-state index in [-0.39, 0.29) is 5.91 Å². The molecular formula is C26H29NO4. The Morgan fingerprint density at radius 1 is 0.871 bits per heavy atom. The quantitative estimate of drug-likeness (QED) is 0.540. The van der Waals surface area contributed by atoms with E-state index in [2.05, 4.69) is 5.32 Å². The number of aryl methyl sites for hydroxylation is 3. The van der Waals surface area contributed by atoms with Gasteiger partial charge in [0.1, 0.15) is 5.75 Å². The first-order chi connectivity index (χ1) is 14.7. The van der Waals surface area contributed by atoms with E-state index in [4.69, 9.17) is 9.47 Å². The molecule has 0 aliphatic rings. The lowest BCUT2D eigenvalue weighted by atomic mass is 9.97. The molecule has 0 unspecified atom stereocenters. The second-order valence-corrected chi connectivity index (χ2v) is 8.04. The van der Waals surface area contributed by atoms with Gasteiger partial charge < -0.3 is 14.8 Å². The summed E-state index contributed by atoms with van der Waals surface area (Å²) in [6.07, 6.45) is -0.903. The van der Waals surface area contributed by atoms with E-state index in [0.29, 0.717) is 0 Å². The minimum Gasteiger partial charge on any atom is -0.497 e. The van der Waals surface area contributed by atoms with E-state index >= 15 is 0 Å². The number of fused-ring (bicyclic) bond motifs is 1. The molecular weight excluding hydrogens is 390 g/mol. The average molecular weight is 420 g/mol. The second-order valence-electron chi connectivity index (χ2n) is 8.04. The largest absolute Gasteiger partial charge is 0.497 e. The number of anilines is 1. The highest BCUT2D eigenvalue weighted by Gasteiger charge is 2.24. The van der Waals surface area contributed by atoms with Crippen LogP contribution in [-0.2, 0) is 14.3 Å². The fourth-order valence-electron chi connectivity index (χ4n) is 3.71. The van der Waals surface area contributed by atoms with Crippen LogP contribution in [0, 0.1) is 20.8 Å². The molecule has 0 spiro atoms. The molecule has 0 radical (unpaired) electrons. The van der Waals surface area contributed by atoms with E-state index in [9.17, 15) is 9.59 Å². The normalized spacial score (nSPS) is 12.8. The third-order valence-corrected chi connectivity index (χ3v) is 5.51. The van der Waals surface area contributed by atoms with Crippen LogP contribution < -0.4 is 10.1 Å². The van der Waals surface area contributed by atoms with Gasteiger partial charge in [-0.3, -0.25) is 9.59 Å². The van der Waals surface area contributed by atoms with Crippen molar-refractivity contribution in [1.82, 2.24) is 0 Å². The van der Waals surface area contributed by atoms with Crippen molar-refractivity contribution in [3.05, 3.63) is 70.8 Å². The standard InChI is InChI=1S/C26H29NO4/c1-15-11-16(2)24(17(3)12-15)27-25(28)19(5)31-26(29)18(4)20-7-8-22-14-23(30-6)10-9-21(22)13-20/h7-14,18-19H,1-6H3,(H,27,28)/t18-,19+/m0/s1. The smallest absolute Gasteiger partial charge is 0.313 e. The van der Waals surface area contributed by atoms with Gasteiger partial charge in [-0.2, -0.15) is 0 Å². The molecule has 0 aromatic heterocycles. The molecule has 3 aromatic carbocycles. The average Bonchev–Trinajstić information content (AvgIpc) is 2.74. The van der Waals surface area contributed by atoms with E-state index in [0.717, 1.165) is 44.5 Å². The van der Waals surface area contributed by atoms with Gasteiger partial charge in [-0.15, -0.1) is 0 Å². The van der Waals surface area contributed by atoms with Crippen LogP contribution in [0.4, 0.5) is 5.69 Å². The number of hydrogen-bond donors (Lipinski definition) is 1. The molecule has 0 aliphatic heterocycles. The lowest BCUT2D eigenvalue weighted by molar-refractivity contribution is -0.154. The molecule has 3 aromatic rings. The van der Waals surface area contributed by atoms with Crippen molar-refractivity contribution in [3.8, 4) is 5.75 Å². The van der Waals surface area contributed by atoms with Crippen LogP contribution in [0.25, 0.3) is 10.8 Å². The van der Waals surface area contributed by atoms with Gasteiger partial charge in [0.25, 0.3) is 5.91 Å². The van der Waals surface area contributed by atoms with E-state index < -0.39 is 18.0 Å². The van der Waals surface area contributed by atoms with Crippen LogP contribution in [0.2, 0.25) is 0 Å². The van der Waals surface area contributed by atoms with Crippen molar-refractivity contribution in [2.75, 3.05) is 12.4 Å². The summed E-state index contributed by atoms with van der Waals surface area (Å²) in [5, 5.41) is 4.93.